The van der Waals surface area contributed by atoms with E-state index in [1.807, 2.05) is 24.3 Å². The molecule has 3 rings (SSSR count). The van der Waals surface area contributed by atoms with Crippen molar-refractivity contribution in [1.29, 1.82) is 0 Å². The van der Waals surface area contributed by atoms with Crippen LogP contribution in [0.15, 0.2) is 42.5 Å². The smallest absolute Gasteiger partial charge is 0.387 e. The first-order valence-electron chi connectivity index (χ1n) is 7.58. The van der Waals surface area contributed by atoms with Crippen LogP contribution in [0.2, 0.25) is 0 Å². The number of halogens is 2. The molecule has 24 heavy (non-hydrogen) atoms. The Balaban J connectivity index is 1.90. The van der Waals surface area contributed by atoms with E-state index in [2.05, 4.69) is 4.74 Å². The lowest BCUT2D eigenvalue weighted by atomic mass is 9.99. The molecule has 0 saturated carbocycles. The lowest BCUT2D eigenvalue weighted by Gasteiger charge is -2.29. The van der Waals surface area contributed by atoms with Gasteiger partial charge in [-0.3, -0.25) is 4.79 Å². The van der Waals surface area contributed by atoms with Crippen molar-refractivity contribution >= 4 is 5.91 Å². The lowest BCUT2D eigenvalue weighted by molar-refractivity contribution is -0.0516. The molecule has 1 amide bonds. The minimum absolute atomic E-state index is 0.0778. The number of fused-ring (bicyclic) bond motifs is 1. The highest BCUT2D eigenvalue weighted by Gasteiger charge is 2.26. The number of rotatable bonds is 4. The molecule has 0 spiro atoms. The number of carbonyl (C=O) groups is 1. The highest BCUT2D eigenvalue weighted by Crippen LogP contribution is 2.34. The van der Waals surface area contributed by atoms with Gasteiger partial charge in [-0.05, 0) is 29.7 Å². The number of nitrogens with zero attached hydrogens (tertiary/aromatic N) is 1. The Kier molecular flexibility index (Phi) is 4.64. The van der Waals surface area contributed by atoms with Crippen LogP contribution in [0.3, 0.4) is 0 Å². The number of hydrogen-bond donors (Lipinski definition) is 0. The summed E-state index contributed by atoms with van der Waals surface area (Å²) in [7, 11) is 1.35. The third kappa shape index (κ3) is 3.18. The van der Waals surface area contributed by atoms with Crippen LogP contribution in [0.1, 0.15) is 21.5 Å². The summed E-state index contributed by atoms with van der Waals surface area (Å²) in [4.78, 5) is 14.5. The summed E-state index contributed by atoms with van der Waals surface area (Å²) in [6.45, 7) is -2.06. The van der Waals surface area contributed by atoms with Crippen molar-refractivity contribution in [3.05, 3.63) is 59.2 Å². The van der Waals surface area contributed by atoms with Crippen LogP contribution in [-0.4, -0.2) is 31.1 Å². The minimum atomic E-state index is -3.03. The third-order valence-electron chi connectivity index (χ3n) is 4.05. The molecule has 2 aromatic rings. The van der Waals surface area contributed by atoms with E-state index in [9.17, 15) is 13.6 Å². The van der Waals surface area contributed by atoms with E-state index in [0.29, 0.717) is 13.1 Å². The number of alkyl halides is 2. The number of methoxy groups -OCH3 is 1. The largest absolute Gasteiger partial charge is 0.493 e. The Bertz CT molecular complexity index is 749. The molecule has 1 aliphatic rings. The van der Waals surface area contributed by atoms with Crippen LogP contribution in [0, 0.1) is 0 Å². The molecule has 0 fully saturated rings. The molecule has 126 valence electrons. The van der Waals surface area contributed by atoms with Crippen molar-refractivity contribution in [2.45, 2.75) is 19.6 Å². The summed E-state index contributed by atoms with van der Waals surface area (Å²) < 4.78 is 35.0. The maximum Gasteiger partial charge on any atom is 0.387 e. The van der Waals surface area contributed by atoms with Gasteiger partial charge in [0.2, 0.25) is 0 Å². The Hall–Kier alpha value is -2.63. The average Bonchev–Trinajstić information content (AvgIpc) is 2.60. The number of benzene rings is 2. The van der Waals surface area contributed by atoms with Crippen molar-refractivity contribution in [1.82, 2.24) is 4.90 Å². The predicted molar refractivity (Wildman–Crippen MR) is 84.5 cm³/mol. The van der Waals surface area contributed by atoms with E-state index in [1.54, 1.807) is 11.0 Å². The maximum absolute atomic E-state index is 12.8. The molecule has 0 aromatic heterocycles. The summed E-state index contributed by atoms with van der Waals surface area (Å²) in [5.41, 5.74) is 2.35. The van der Waals surface area contributed by atoms with Gasteiger partial charge >= 0.3 is 6.61 Å². The van der Waals surface area contributed by atoms with Gasteiger partial charge < -0.3 is 14.4 Å². The van der Waals surface area contributed by atoms with E-state index in [-0.39, 0.29) is 23.0 Å². The second-order valence-electron chi connectivity index (χ2n) is 5.46. The van der Waals surface area contributed by atoms with Gasteiger partial charge in [0.15, 0.2) is 11.5 Å². The van der Waals surface area contributed by atoms with E-state index < -0.39 is 6.61 Å². The Morgan fingerprint density at radius 2 is 1.88 bits per heavy atom. The number of para-hydroxylation sites is 1. The maximum atomic E-state index is 12.8. The molecule has 6 heteroatoms. The second kappa shape index (κ2) is 6.86. The van der Waals surface area contributed by atoms with Gasteiger partial charge in [0.05, 0.1) is 12.7 Å². The summed E-state index contributed by atoms with van der Waals surface area (Å²) in [6, 6.07) is 12.4. The standard InChI is InChI=1S/C18H17F2NO3/c1-23-15-8-4-7-14(16(15)24-18(19)20)17(22)21-10-9-12-5-2-3-6-13(12)11-21/h2-8,18H,9-11H2,1H3. The van der Waals surface area contributed by atoms with Crippen molar-refractivity contribution in [3.8, 4) is 11.5 Å². The molecule has 0 atom stereocenters. The van der Waals surface area contributed by atoms with Gasteiger partial charge in [0.1, 0.15) is 0 Å². The normalized spacial score (nSPS) is 13.6. The summed E-state index contributed by atoms with van der Waals surface area (Å²) in [6.07, 6.45) is 0.733. The highest BCUT2D eigenvalue weighted by molar-refractivity contribution is 5.98. The van der Waals surface area contributed by atoms with Crippen LogP contribution >= 0.6 is 0 Å². The van der Waals surface area contributed by atoms with Crippen molar-refractivity contribution < 1.29 is 23.0 Å². The van der Waals surface area contributed by atoms with Crippen LogP contribution < -0.4 is 9.47 Å². The number of amides is 1. The van der Waals surface area contributed by atoms with Crippen molar-refractivity contribution in [2.75, 3.05) is 13.7 Å². The molecular formula is C18H17F2NO3. The topological polar surface area (TPSA) is 38.8 Å². The summed E-state index contributed by atoms with van der Waals surface area (Å²) in [5, 5.41) is 0. The summed E-state index contributed by atoms with van der Waals surface area (Å²) >= 11 is 0. The Morgan fingerprint density at radius 1 is 1.12 bits per heavy atom. The molecule has 1 heterocycles. The number of hydrogen-bond acceptors (Lipinski definition) is 3. The molecule has 4 nitrogen and oxygen atoms in total. The highest BCUT2D eigenvalue weighted by atomic mass is 19.3. The molecule has 1 aliphatic heterocycles. The molecule has 0 aliphatic carbocycles. The zero-order valence-electron chi connectivity index (χ0n) is 13.2. The van der Waals surface area contributed by atoms with E-state index in [0.717, 1.165) is 12.0 Å². The molecule has 0 bridgehead atoms. The zero-order chi connectivity index (χ0) is 17.1. The van der Waals surface area contributed by atoms with Gasteiger partial charge in [0.25, 0.3) is 5.91 Å². The molecular weight excluding hydrogens is 316 g/mol. The van der Waals surface area contributed by atoms with E-state index in [4.69, 9.17) is 4.74 Å². The molecule has 2 aromatic carbocycles. The monoisotopic (exact) mass is 333 g/mol. The quantitative estimate of drug-likeness (QED) is 0.860. The Morgan fingerprint density at radius 3 is 2.58 bits per heavy atom. The van der Waals surface area contributed by atoms with Gasteiger partial charge in [-0.1, -0.05) is 30.3 Å². The number of ether oxygens (including phenoxy) is 2. The molecule has 0 N–H and O–H groups in total. The van der Waals surface area contributed by atoms with E-state index >= 15 is 0 Å². The predicted octanol–water partition coefficient (Wildman–Crippen LogP) is 3.50. The van der Waals surface area contributed by atoms with Gasteiger partial charge in [-0.25, -0.2) is 0 Å². The fourth-order valence-electron chi connectivity index (χ4n) is 2.90. The zero-order valence-corrected chi connectivity index (χ0v) is 13.2. The van der Waals surface area contributed by atoms with Crippen molar-refractivity contribution in [2.24, 2.45) is 0 Å². The van der Waals surface area contributed by atoms with Crippen LogP contribution in [0.5, 0.6) is 11.5 Å². The fourth-order valence-corrected chi connectivity index (χ4v) is 2.90. The first kappa shape index (κ1) is 16.2. The third-order valence-corrected chi connectivity index (χ3v) is 4.05. The lowest BCUT2D eigenvalue weighted by Crippen LogP contribution is -2.36. The second-order valence-corrected chi connectivity index (χ2v) is 5.46. The van der Waals surface area contributed by atoms with Gasteiger partial charge in [-0.15, -0.1) is 0 Å². The van der Waals surface area contributed by atoms with Crippen LogP contribution in [0.4, 0.5) is 8.78 Å². The van der Waals surface area contributed by atoms with E-state index in [1.165, 1.54) is 24.8 Å². The fraction of sp³-hybridized carbons (Fsp3) is 0.278. The van der Waals surface area contributed by atoms with Crippen molar-refractivity contribution in [3.63, 3.8) is 0 Å². The Labute approximate surface area is 138 Å². The van der Waals surface area contributed by atoms with Gasteiger partial charge in [0, 0.05) is 13.1 Å². The molecule has 0 saturated heterocycles. The molecule has 0 unspecified atom stereocenters. The van der Waals surface area contributed by atoms with Crippen LogP contribution in [-0.2, 0) is 13.0 Å². The van der Waals surface area contributed by atoms with Gasteiger partial charge in [-0.2, -0.15) is 8.78 Å². The SMILES string of the molecule is COc1cccc(C(=O)N2CCc3ccccc3C2)c1OC(F)F. The average molecular weight is 333 g/mol. The minimum Gasteiger partial charge on any atom is -0.493 e. The first-order valence-corrected chi connectivity index (χ1v) is 7.58. The van der Waals surface area contributed by atoms with Crippen LogP contribution in [0.25, 0.3) is 0 Å². The number of carbonyl (C=O) groups excluding carboxylic acids is 1. The molecule has 0 radical (unpaired) electrons. The first-order chi connectivity index (χ1) is 11.6. The summed E-state index contributed by atoms with van der Waals surface area (Å²) in [5.74, 6) is -0.462.